The average Bonchev–Trinajstić information content (AvgIpc) is 3.36. The Morgan fingerprint density at radius 2 is 2.20 bits per heavy atom. The van der Waals surface area contributed by atoms with Crippen LogP contribution in [-0.2, 0) is 6.54 Å². The summed E-state index contributed by atoms with van der Waals surface area (Å²) >= 11 is 0. The van der Waals surface area contributed by atoms with E-state index < -0.39 is 6.04 Å². The number of nitrogens with one attached hydrogen (secondary N) is 1. The highest BCUT2D eigenvalue weighted by atomic mass is 16.4. The van der Waals surface area contributed by atoms with Crippen molar-refractivity contribution in [2.45, 2.75) is 19.5 Å². The number of oxazole rings is 2. The van der Waals surface area contributed by atoms with E-state index in [4.69, 9.17) is 8.83 Å². The summed E-state index contributed by atoms with van der Waals surface area (Å²) in [6.07, 6.45) is 2.88. The summed E-state index contributed by atoms with van der Waals surface area (Å²) in [5, 5.41) is 0. The van der Waals surface area contributed by atoms with Crippen LogP contribution >= 0.6 is 0 Å². The lowest BCUT2D eigenvalue weighted by Gasteiger charge is -2.21. The molecule has 0 bridgehead atoms. The van der Waals surface area contributed by atoms with Gasteiger partial charge in [-0.15, -0.1) is 0 Å². The second-order valence-electron chi connectivity index (χ2n) is 5.89. The van der Waals surface area contributed by atoms with Crippen LogP contribution in [0.25, 0.3) is 11.1 Å². The number of carbonyl (C=O) groups excluding carboxylic acids is 1. The number of carbonyl (C=O) groups is 1. The van der Waals surface area contributed by atoms with E-state index in [9.17, 15) is 4.79 Å². The molecule has 8 heteroatoms. The second kappa shape index (κ2) is 5.04. The Morgan fingerprint density at radius 3 is 3.00 bits per heavy atom. The van der Waals surface area contributed by atoms with Crippen molar-refractivity contribution in [1.29, 1.82) is 0 Å². The molecule has 0 unspecified atom stereocenters. The first-order chi connectivity index (χ1) is 12.2. The van der Waals surface area contributed by atoms with Gasteiger partial charge in [0.2, 0.25) is 11.7 Å². The molecule has 1 amide bonds. The fraction of sp³-hybridized carbons (Fsp3) is 0.176. The first-order valence-corrected chi connectivity index (χ1v) is 7.81. The number of imidazole rings is 1. The van der Waals surface area contributed by atoms with E-state index in [1.54, 1.807) is 18.2 Å². The minimum Gasteiger partial charge on any atom is -0.438 e. The number of para-hydroxylation sites is 2. The van der Waals surface area contributed by atoms with E-state index in [1.807, 2.05) is 24.3 Å². The molecule has 1 aromatic carbocycles. The number of aryl methyl sites for hydroxylation is 1. The number of H-pyrrole nitrogens is 1. The highest BCUT2D eigenvalue weighted by Gasteiger charge is 2.41. The van der Waals surface area contributed by atoms with Crippen molar-refractivity contribution >= 4 is 17.0 Å². The standard InChI is InChI=1S/C17H13N5O3/c1-9-15(24-8-20-9)17(23)22-6-11-13(19-7-18-11)14(22)16-21-10-4-2-3-5-12(10)25-16/h2-5,7-8,14H,6H2,1H3,(H,18,19)/t14-/m1/s1. The van der Waals surface area contributed by atoms with Gasteiger partial charge in [0.05, 0.1) is 30.0 Å². The molecule has 0 saturated carbocycles. The van der Waals surface area contributed by atoms with Crippen LogP contribution in [0.3, 0.4) is 0 Å². The van der Waals surface area contributed by atoms with E-state index in [0.29, 0.717) is 23.7 Å². The number of rotatable bonds is 2. The molecule has 1 atom stereocenters. The van der Waals surface area contributed by atoms with Crippen molar-refractivity contribution in [2.75, 3.05) is 0 Å². The molecule has 0 fully saturated rings. The molecule has 0 aliphatic carbocycles. The number of fused-ring (bicyclic) bond motifs is 2. The normalized spacial score (nSPS) is 16.5. The van der Waals surface area contributed by atoms with Crippen molar-refractivity contribution in [3.63, 3.8) is 0 Å². The first kappa shape index (κ1) is 14.0. The van der Waals surface area contributed by atoms with Gasteiger partial charge in [0, 0.05) is 0 Å². The molecule has 1 aliphatic heterocycles. The number of aromatic nitrogens is 4. The lowest BCUT2D eigenvalue weighted by Crippen LogP contribution is -2.31. The van der Waals surface area contributed by atoms with Crippen molar-refractivity contribution in [3.8, 4) is 0 Å². The molecular formula is C17H13N5O3. The third-order valence-electron chi connectivity index (χ3n) is 4.40. The molecule has 4 aromatic rings. The van der Waals surface area contributed by atoms with Crippen LogP contribution in [0, 0.1) is 6.92 Å². The third kappa shape index (κ3) is 2.00. The van der Waals surface area contributed by atoms with Crippen LogP contribution in [0.4, 0.5) is 0 Å². The van der Waals surface area contributed by atoms with Gasteiger partial charge < -0.3 is 18.7 Å². The van der Waals surface area contributed by atoms with Crippen LogP contribution in [0.5, 0.6) is 0 Å². The molecule has 1 aliphatic rings. The number of hydrogen-bond acceptors (Lipinski definition) is 6. The summed E-state index contributed by atoms with van der Waals surface area (Å²) in [7, 11) is 0. The highest BCUT2D eigenvalue weighted by molar-refractivity contribution is 5.93. The smallest absolute Gasteiger partial charge is 0.292 e. The summed E-state index contributed by atoms with van der Waals surface area (Å²) < 4.78 is 11.2. The Morgan fingerprint density at radius 1 is 1.32 bits per heavy atom. The maximum Gasteiger partial charge on any atom is 0.292 e. The maximum atomic E-state index is 13.0. The van der Waals surface area contributed by atoms with Gasteiger partial charge >= 0.3 is 0 Å². The van der Waals surface area contributed by atoms with Crippen molar-refractivity contribution in [2.24, 2.45) is 0 Å². The van der Waals surface area contributed by atoms with Gasteiger partial charge in [-0.2, -0.15) is 0 Å². The molecule has 1 N–H and O–H groups in total. The quantitative estimate of drug-likeness (QED) is 0.604. The zero-order chi connectivity index (χ0) is 17.0. The SMILES string of the molecule is Cc1ncoc1C(=O)N1Cc2[nH]cnc2[C@@H]1c1nc2ccccc2o1. The molecular weight excluding hydrogens is 322 g/mol. The largest absolute Gasteiger partial charge is 0.438 e. The fourth-order valence-electron chi connectivity index (χ4n) is 3.19. The minimum absolute atomic E-state index is 0.214. The second-order valence-corrected chi connectivity index (χ2v) is 5.89. The lowest BCUT2D eigenvalue weighted by molar-refractivity contribution is 0.0663. The zero-order valence-electron chi connectivity index (χ0n) is 13.3. The van der Waals surface area contributed by atoms with E-state index >= 15 is 0 Å². The Labute approximate surface area is 141 Å². The number of nitrogens with zero attached hydrogens (tertiary/aromatic N) is 4. The maximum absolute atomic E-state index is 13.0. The Bertz CT molecular complexity index is 1060. The number of hydrogen-bond donors (Lipinski definition) is 1. The van der Waals surface area contributed by atoms with Gasteiger partial charge in [0.1, 0.15) is 5.52 Å². The summed E-state index contributed by atoms with van der Waals surface area (Å²) in [5.41, 5.74) is 3.55. The van der Waals surface area contributed by atoms with Crippen molar-refractivity contribution in [1.82, 2.24) is 24.8 Å². The van der Waals surface area contributed by atoms with Crippen molar-refractivity contribution in [3.05, 3.63) is 65.7 Å². The molecule has 5 rings (SSSR count). The van der Waals surface area contributed by atoms with Crippen molar-refractivity contribution < 1.29 is 13.6 Å². The van der Waals surface area contributed by atoms with E-state index in [1.165, 1.54) is 6.39 Å². The molecule has 25 heavy (non-hydrogen) atoms. The van der Waals surface area contributed by atoms with E-state index in [2.05, 4.69) is 19.9 Å². The van der Waals surface area contributed by atoms with Gasteiger partial charge in [-0.1, -0.05) is 12.1 Å². The monoisotopic (exact) mass is 335 g/mol. The predicted octanol–water partition coefficient (Wildman–Crippen LogP) is 2.59. The highest BCUT2D eigenvalue weighted by Crippen LogP contribution is 2.38. The van der Waals surface area contributed by atoms with Crippen LogP contribution in [-0.4, -0.2) is 30.7 Å². The van der Waals surface area contributed by atoms with Crippen LogP contribution in [0.15, 0.2) is 45.8 Å². The predicted molar refractivity (Wildman–Crippen MR) is 85.6 cm³/mol. The summed E-state index contributed by atoms with van der Waals surface area (Å²) in [6, 6.07) is 6.98. The molecule has 0 spiro atoms. The molecule has 8 nitrogen and oxygen atoms in total. The van der Waals surface area contributed by atoms with E-state index in [-0.39, 0.29) is 11.7 Å². The van der Waals surface area contributed by atoms with Gasteiger partial charge in [0.15, 0.2) is 18.0 Å². The number of aromatic amines is 1. The van der Waals surface area contributed by atoms with Crippen LogP contribution < -0.4 is 0 Å². The van der Waals surface area contributed by atoms with Gasteiger partial charge in [-0.25, -0.2) is 15.0 Å². The molecule has 0 radical (unpaired) electrons. The average molecular weight is 335 g/mol. The summed E-state index contributed by atoms with van der Waals surface area (Å²) in [5.74, 6) is 0.373. The third-order valence-corrected chi connectivity index (χ3v) is 4.40. The van der Waals surface area contributed by atoms with Gasteiger partial charge in [-0.3, -0.25) is 4.79 Å². The molecule has 4 heterocycles. The minimum atomic E-state index is -0.509. The Kier molecular flexibility index (Phi) is 2.81. The topological polar surface area (TPSA) is 101 Å². The fourth-order valence-corrected chi connectivity index (χ4v) is 3.19. The van der Waals surface area contributed by atoms with Crippen LogP contribution in [0.2, 0.25) is 0 Å². The summed E-state index contributed by atoms with van der Waals surface area (Å²) in [4.78, 5) is 30.6. The number of amides is 1. The Balaban J connectivity index is 1.63. The number of benzene rings is 1. The van der Waals surface area contributed by atoms with Gasteiger partial charge in [-0.05, 0) is 19.1 Å². The summed E-state index contributed by atoms with van der Waals surface area (Å²) in [6.45, 7) is 2.11. The molecule has 0 saturated heterocycles. The molecule has 3 aromatic heterocycles. The van der Waals surface area contributed by atoms with Gasteiger partial charge in [0.25, 0.3) is 5.91 Å². The Hall–Kier alpha value is -3.42. The van der Waals surface area contributed by atoms with E-state index in [0.717, 1.165) is 16.9 Å². The molecule has 124 valence electrons. The zero-order valence-corrected chi connectivity index (χ0v) is 13.3. The van der Waals surface area contributed by atoms with Crippen LogP contribution in [0.1, 0.15) is 39.6 Å². The lowest BCUT2D eigenvalue weighted by atomic mass is 10.2. The first-order valence-electron chi connectivity index (χ1n) is 7.81.